The van der Waals surface area contributed by atoms with Crippen molar-refractivity contribution < 1.29 is 23.0 Å². The third-order valence-corrected chi connectivity index (χ3v) is 5.44. The molecule has 0 aliphatic carbocycles. The largest absolute Gasteiger partial charge is 0.493 e. The third kappa shape index (κ3) is 3.57. The van der Waals surface area contributed by atoms with E-state index in [4.69, 9.17) is 4.74 Å². The van der Waals surface area contributed by atoms with Crippen molar-refractivity contribution in [3.8, 4) is 11.5 Å². The first kappa shape index (κ1) is 18.4. The molecule has 28 heavy (non-hydrogen) atoms. The Balaban J connectivity index is 1.68. The lowest BCUT2D eigenvalue weighted by molar-refractivity contribution is -0.116. The summed E-state index contributed by atoms with van der Waals surface area (Å²) in [4.78, 5) is 13.4. The van der Waals surface area contributed by atoms with Crippen molar-refractivity contribution in [1.29, 1.82) is 0 Å². The van der Waals surface area contributed by atoms with E-state index in [0.29, 0.717) is 12.4 Å². The van der Waals surface area contributed by atoms with Crippen LogP contribution in [0.25, 0.3) is 0 Å². The van der Waals surface area contributed by atoms with Gasteiger partial charge in [-0.05, 0) is 29.1 Å². The molecule has 1 unspecified atom stereocenters. The Labute approximate surface area is 163 Å². The van der Waals surface area contributed by atoms with Crippen LogP contribution in [0.15, 0.2) is 41.9 Å². The van der Waals surface area contributed by atoms with Crippen LogP contribution >= 0.6 is 11.3 Å². The number of alkyl halides is 2. The summed E-state index contributed by atoms with van der Waals surface area (Å²) in [5.74, 6) is 0.417. The summed E-state index contributed by atoms with van der Waals surface area (Å²) in [5.41, 5.74) is 1.64. The number of fused-ring (bicyclic) bond motifs is 1. The first-order chi connectivity index (χ1) is 13.5. The maximum absolute atomic E-state index is 12.6. The van der Waals surface area contributed by atoms with Gasteiger partial charge in [-0.3, -0.25) is 4.79 Å². The Hall–Kier alpha value is -2.94. The van der Waals surface area contributed by atoms with Crippen LogP contribution in [-0.2, 0) is 11.3 Å². The molecular weight excluding hydrogens is 388 g/mol. The number of thiophene rings is 1. The number of anilines is 1. The lowest BCUT2D eigenvalue weighted by Gasteiger charge is -2.24. The van der Waals surface area contributed by atoms with E-state index in [0.717, 1.165) is 16.0 Å². The normalized spacial score (nSPS) is 16.0. The van der Waals surface area contributed by atoms with Crippen LogP contribution in [-0.4, -0.2) is 29.4 Å². The smallest absolute Gasteiger partial charge is 0.387 e. The number of methoxy groups -OCH3 is 1. The van der Waals surface area contributed by atoms with Gasteiger partial charge < -0.3 is 14.8 Å². The van der Waals surface area contributed by atoms with Crippen molar-refractivity contribution in [2.24, 2.45) is 0 Å². The summed E-state index contributed by atoms with van der Waals surface area (Å²) in [6.45, 7) is -2.38. The van der Waals surface area contributed by atoms with Gasteiger partial charge in [0.25, 0.3) is 0 Å². The molecule has 0 spiro atoms. The number of benzene rings is 1. The molecule has 1 aromatic carbocycles. The number of rotatable bonds is 6. The molecule has 0 saturated heterocycles. The molecule has 2 aromatic heterocycles. The number of hydrogen-bond acceptors (Lipinski definition) is 5. The van der Waals surface area contributed by atoms with E-state index in [9.17, 15) is 13.6 Å². The summed E-state index contributed by atoms with van der Waals surface area (Å²) in [7, 11) is 1.38. The zero-order chi connectivity index (χ0) is 19.7. The Morgan fingerprint density at radius 2 is 2.21 bits per heavy atom. The molecule has 0 bridgehead atoms. The van der Waals surface area contributed by atoms with Crippen molar-refractivity contribution >= 4 is 23.1 Å². The van der Waals surface area contributed by atoms with Gasteiger partial charge in [0, 0.05) is 22.8 Å². The molecule has 1 N–H and O–H groups in total. The number of nitrogens with one attached hydrogen (secondary N) is 1. The second-order valence-electron chi connectivity index (χ2n) is 6.28. The highest BCUT2D eigenvalue weighted by molar-refractivity contribution is 7.09. The van der Waals surface area contributed by atoms with Crippen molar-refractivity contribution in [2.75, 3.05) is 12.4 Å². The summed E-state index contributed by atoms with van der Waals surface area (Å²) < 4.78 is 36.5. The van der Waals surface area contributed by atoms with E-state index in [1.165, 1.54) is 13.2 Å². The van der Waals surface area contributed by atoms with Crippen molar-refractivity contribution in [1.82, 2.24) is 9.78 Å². The van der Waals surface area contributed by atoms with Gasteiger partial charge >= 0.3 is 6.61 Å². The fourth-order valence-corrected chi connectivity index (χ4v) is 4.02. The van der Waals surface area contributed by atoms with Gasteiger partial charge in [-0.2, -0.15) is 13.9 Å². The van der Waals surface area contributed by atoms with Crippen LogP contribution in [0, 0.1) is 0 Å². The fraction of sp³-hybridized carbons (Fsp3) is 0.263. The zero-order valence-electron chi connectivity index (χ0n) is 14.9. The van der Waals surface area contributed by atoms with E-state index < -0.39 is 6.61 Å². The first-order valence-electron chi connectivity index (χ1n) is 8.56. The number of nitrogens with zero attached hydrogens (tertiary/aromatic N) is 2. The molecule has 3 aromatic rings. The van der Waals surface area contributed by atoms with Gasteiger partial charge in [-0.1, -0.05) is 12.1 Å². The number of amides is 1. The number of ether oxygens (including phenoxy) is 2. The van der Waals surface area contributed by atoms with Crippen LogP contribution in [0.1, 0.15) is 28.3 Å². The number of halogens is 2. The number of carbonyl (C=O) groups is 1. The summed E-state index contributed by atoms with van der Waals surface area (Å²) in [6.07, 6.45) is 1.97. The molecule has 0 fully saturated rings. The average Bonchev–Trinajstić information content (AvgIpc) is 3.32. The number of aromatic nitrogens is 2. The minimum absolute atomic E-state index is 0.0462. The minimum atomic E-state index is -2.94. The molecule has 9 heteroatoms. The van der Waals surface area contributed by atoms with E-state index in [-0.39, 0.29) is 29.7 Å². The molecule has 0 radical (unpaired) electrons. The van der Waals surface area contributed by atoms with Crippen molar-refractivity contribution in [2.45, 2.75) is 25.5 Å². The summed E-state index contributed by atoms with van der Waals surface area (Å²) >= 11 is 1.62. The second kappa shape index (κ2) is 7.59. The summed E-state index contributed by atoms with van der Waals surface area (Å²) in [5, 5.41) is 9.32. The molecule has 0 saturated carbocycles. The average molecular weight is 405 g/mol. The molecular formula is C19H17F2N3O3S. The lowest BCUT2D eigenvalue weighted by atomic mass is 9.87. The van der Waals surface area contributed by atoms with Gasteiger partial charge in [0.15, 0.2) is 11.5 Å². The van der Waals surface area contributed by atoms with Crippen molar-refractivity contribution in [3.05, 3.63) is 57.9 Å². The van der Waals surface area contributed by atoms with Gasteiger partial charge in [-0.25, -0.2) is 4.68 Å². The minimum Gasteiger partial charge on any atom is -0.493 e. The van der Waals surface area contributed by atoms with E-state index in [1.807, 2.05) is 17.5 Å². The maximum Gasteiger partial charge on any atom is 0.387 e. The molecule has 1 aliphatic heterocycles. The highest BCUT2D eigenvalue weighted by Crippen LogP contribution is 2.40. The Bertz CT molecular complexity index is 988. The quantitative estimate of drug-likeness (QED) is 0.671. The highest BCUT2D eigenvalue weighted by atomic mass is 32.1. The standard InChI is InChI=1S/C19H17F2N3O3S/c1-26-16-7-11(4-5-15(16)27-19(20)21)13-8-17(25)23-18-14(13)9-22-24(18)10-12-3-2-6-28-12/h2-7,9,13,19H,8,10H2,1H3,(H,23,25). The van der Waals surface area contributed by atoms with Crippen LogP contribution < -0.4 is 14.8 Å². The van der Waals surface area contributed by atoms with Gasteiger partial charge in [0.05, 0.1) is 19.9 Å². The molecule has 6 nitrogen and oxygen atoms in total. The van der Waals surface area contributed by atoms with Gasteiger partial charge in [-0.15, -0.1) is 11.3 Å². The van der Waals surface area contributed by atoms with Gasteiger partial charge in [0.1, 0.15) is 5.82 Å². The zero-order valence-corrected chi connectivity index (χ0v) is 15.7. The van der Waals surface area contributed by atoms with Crippen LogP contribution in [0.5, 0.6) is 11.5 Å². The van der Waals surface area contributed by atoms with Crippen LogP contribution in [0.2, 0.25) is 0 Å². The van der Waals surface area contributed by atoms with Gasteiger partial charge in [0.2, 0.25) is 5.91 Å². The molecule has 1 atom stereocenters. The Morgan fingerprint density at radius 3 is 2.93 bits per heavy atom. The van der Waals surface area contributed by atoms with Crippen LogP contribution in [0.3, 0.4) is 0 Å². The molecule has 3 heterocycles. The van der Waals surface area contributed by atoms with Crippen LogP contribution in [0.4, 0.5) is 14.6 Å². The topological polar surface area (TPSA) is 65.4 Å². The number of carbonyl (C=O) groups excluding carboxylic acids is 1. The summed E-state index contributed by atoms with van der Waals surface area (Å²) in [6, 6.07) is 8.70. The molecule has 1 aliphatic rings. The third-order valence-electron chi connectivity index (χ3n) is 4.58. The lowest BCUT2D eigenvalue weighted by Crippen LogP contribution is -2.25. The monoisotopic (exact) mass is 405 g/mol. The fourth-order valence-electron chi connectivity index (χ4n) is 3.33. The second-order valence-corrected chi connectivity index (χ2v) is 7.31. The Kier molecular flexibility index (Phi) is 4.99. The predicted molar refractivity (Wildman–Crippen MR) is 100 cm³/mol. The SMILES string of the molecule is COc1cc(C2CC(=O)Nc3c2cnn3Cc2cccs2)ccc1OC(F)F. The first-order valence-corrected chi connectivity index (χ1v) is 9.44. The molecule has 1 amide bonds. The molecule has 4 rings (SSSR count). The Morgan fingerprint density at radius 1 is 1.36 bits per heavy atom. The van der Waals surface area contributed by atoms with Crippen molar-refractivity contribution in [3.63, 3.8) is 0 Å². The van der Waals surface area contributed by atoms with E-state index >= 15 is 0 Å². The molecule has 146 valence electrons. The van der Waals surface area contributed by atoms with E-state index in [2.05, 4.69) is 15.2 Å². The highest BCUT2D eigenvalue weighted by Gasteiger charge is 2.30. The predicted octanol–water partition coefficient (Wildman–Crippen LogP) is 4.08. The van der Waals surface area contributed by atoms with E-state index in [1.54, 1.807) is 34.3 Å². The number of hydrogen-bond donors (Lipinski definition) is 1. The maximum atomic E-state index is 12.6.